The normalized spacial score (nSPS) is 10.4. The molecular formula is C28H33N3O3. The van der Waals surface area contributed by atoms with E-state index in [1.54, 1.807) is 36.2 Å². The third-order valence-corrected chi connectivity index (χ3v) is 5.44. The molecule has 0 atom stereocenters. The molecule has 0 saturated carbocycles. The van der Waals surface area contributed by atoms with E-state index in [2.05, 4.69) is 17.6 Å². The fourth-order valence-electron chi connectivity index (χ4n) is 3.43. The third kappa shape index (κ3) is 7.66. The molecule has 34 heavy (non-hydrogen) atoms. The van der Waals surface area contributed by atoms with Gasteiger partial charge in [-0.05, 0) is 67.1 Å². The summed E-state index contributed by atoms with van der Waals surface area (Å²) in [6, 6.07) is 24.0. The lowest BCUT2D eigenvalue weighted by Gasteiger charge is -2.17. The maximum absolute atomic E-state index is 12.7. The van der Waals surface area contributed by atoms with Crippen LogP contribution in [0, 0.1) is 0 Å². The van der Waals surface area contributed by atoms with Gasteiger partial charge in [-0.3, -0.25) is 9.59 Å². The molecule has 178 valence electrons. The van der Waals surface area contributed by atoms with Crippen LogP contribution in [0.2, 0.25) is 0 Å². The summed E-state index contributed by atoms with van der Waals surface area (Å²) in [5.41, 5.74) is 2.89. The van der Waals surface area contributed by atoms with Gasteiger partial charge in [0.05, 0.1) is 13.2 Å². The maximum Gasteiger partial charge on any atom is 0.258 e. The fraction of sp³-hybridized carbons (Fsp3) is 0.286. The van der Waals surface area contributed by atoms with Crippen molar-refractivity contribution >= 4 is 28.9 Å². The minimum Gasteiger partial charge on any atom is -0.494 e. The molecule has 3 rings (SSSR count). The molecule has 0 fully saturated rings. The molecule has 3 aromatic carbocycles. The molecular weight excluding hydrogens is 426 g/mol. The number of nitrogens with one attached hydrogen (secondary N) is 2. The molecule has 6 heteroatoms. The van der Waals surface area contributed by atoms with E-state index < -0.39 is 0 Å². The van der Waals surface area contributed by atoms with Crippen LogP contribution >= 0.6 is 0 Å². The summed E-state index contributed by atoms with van der Waals surface area (Å²) in [4.78, 5) is 26.6. The summed E-state index contributed by atoms with van der Waals surface area (Å²) >= 11 is 0. The Balaban J connectivity index is 1.43. The number of carbonyl (C=O) groups is 2. The van der Waals surface area contributed by atoms with Crippen LogP contribution in [0.1, 0.15) is 43.0 Å². The smallest absolute Gasteiger partial charge is 0.258 e. The molecule has 0 aliphatic heterocycles. The molecule has 0 bridgehead atoms. The SMILES string of the molecule is CCCCCCOc1ccc(NC(=O)CNc2ccc(C(=O)N(C)c3ccccc3)cc2)cc1. The zero-order chi connectivity index (χ0) is 24.2. The zero-order valence-electron chi connectivity index (χ0n) is 19.9. The van der Waals surface area contributed by atoms with Crippen LogP contribution in [0.4, 0.5) is 17.1 Å². The molecule has 0 heterocycles. The lowest BCUT2D eigenvalue weighted by atomic mass is 10.1. The lowest BCUT2D eigenvalue weighted by Crippen LogP contribution is -2.26. The van der Waals surface area contributed by atoms with Gasteiger partial charge in [0.1, 0.15) is 5.75 Å². The lowest BCUT2D eigenvalue weighted by molar-refractivity contribution is -0.114. The van der Waals surface area contributed by atoms with E-state index >= 15 is 0 Å². The van der Waals surface area contributed by atoms with Gasteiger partial charge in [-0.25, -0.2) is 0 Å². The number of hydrogen-bond acceptors (Lipinski definition) is 4. The van der Waals surface area contributed by atoms with Crippen LogP contribution < -0.4 is 20.3 Å². The number of ether oxygens (including phenoxy) is 1. The molecule has 0 spiro atoms. The highest BCUT2D eigenvalue weighted by Crippen LogP contribution is 2.18. The van der Waals surface area contributed by atoms with Gasteiger partial charge in [-0.1, -0.05) is 44.4 Å². The number of para-hydroxylation sites is 1. The van der Waals surface area contributed by atoms with E-state index in [9.17, 15) is 9.59 Å². The van der Waals surface area contributed by atoms with Crippen molar-refractivity contribution in [1.29, 1.82) is 0 Å². The van der Waals surface area contributed by atoms with Gasteiger partial charge < -0.3 is 20.3 Å². The topological polar surface area (TPSA) is 70.7 Å². The highest BCUT2D eigenvalue weighted by Gasteiger charge is 2.13. The van der Waals surface area contributed by atoms with Crippen molar-refractivity contribution in [3.63, 3.8) is 0 Å². The second-order valence-corrected chi connectivity index (χ2v) is 8.11. The number of carbonyl (C=O) groups excluding carboxylic acids is 2. The first kappa shape index (κ1) is 24.8. The highest BCUT2D eigenvalue weighted by atomic mass is 16.5. The first-order chi connectivity index (χ1) is 16.6. The summed E-state index contributed by atoms with van der Waals surface area (Å²) in [5, 5.41) is 5.95. The van der Waals surface area contributed by atoms with Gasteiger partial charge in [0.2, 0.25) is 5.91 Å². The van der Waals surface area contributed by atoms with Crippen LogP contribution in [0.15, 0.2) is 78.9 Å². The molecule has 2 N–H and O–H groups in total. The second kappa shape index (κ2) is 13.0. The monoisotopic (exact) mass is 459 g/mol. The third-order valence-electron chi connectivity index (χ3n) is 5.44. The van der Waals surface area contributed by atoms with E-state index in [1.165, 1.54) is 19.3 Å². The van der Waals surface area contributed by atoms with Crippen LogP contribution in [-0.2, 0) is 4.79 Å². The van der Waals surface area contributed by atoms with Gasteiger partial charge >= 0.3 is 0 Å². The van der Waals surface area contributed by atoms with Gasteiger partial charge in [-0.15, -0.1) is 0 Å². The van der Waals surface area contributed by atoms with Crippen LogP contribution in [0.3, 0.4) is 0 Å². The number of benzene rings is 3. The number of rotatable bonds is 12. The minimum absolute atomic E-state index is 0.0936. The Kier molecular flexibility index (Phi) is 9.52. The first-order valence-electron chi connectivity index (χ1n) is 11.8. The maximum atomic E-state index is 12.7. The minimum atomic E-state index is -0.155. The fourth-order valence-corrected chi connectivity index (χ4v) is 3.43. The van der Waals surface area contributed by atoms with Gasteiger partial charge in [0.15, 0.2) is 0 Å². The highest BCUT2D eigenvalue weighted by molar-refractivity contribution is 6.05. The molecule has 3 aromatic rings. The summed E-state index contributed by atoms with van der Waals surface area (Å²) in [7, 11) is 1.75. The number of anilines is 3. The van der Waals surface area contributed by atoms with Crippen LogP contribution in [-0.4, -0.2) is 32.0 Å². The molecule has 0 aromatic heterocycles. The summed E-state index contributed by atoms with van der Waals surface area (Å²) in [6.07, 6.45) is 4.68. The zero-order valence-corrected chi connectivity index (χ0v) is 19.9. The van der Waals surface area contributed by atoms with E-state index in [1.807, 2.05) is 54.6 Å². The van der Waals surface area contributed by atoms with Crippen molar-refractivity contribution in [3.8, 4) is 5.75 Å². The summed E-state index contributed by atoms with van der Waals surface area (Å²) in [5.74, 6) is 0.557. The Hall–Kier alpha value is -3.80. The Labute approximate surface area is 201 Å². The van der Waals surface area contributed by atoms with Crippen molar-refractivity contribution in [1.82, 2.24) is 0 Å². The van der Waals surface area contributed by atoms with Crippen molar-refractivity contribution in [2.75, 3.05) is 35.7 Å². The van der Waals surface area contributed by atoms with E-state index in [0.717, 1.165) is 29.2 Å². The Morgan fingerprint density at radius 1 is 0.824 bits per heavy atom. The Morgan fingerprint density at radius 3 is 2.18 bits per heavy atom. The molecule has 0 aliphatic rings. The Bertz CT molecular complexity index is 1030. The Morgan fingerprint density at radius 2 is 1.50 bits per heavy atom. The van der Waals surface area contributed by atoms with Gasteiger partial charge in [-0.2, -0.15) is 0 Å². The largest absolute Gasteiger partial charge is 0.494 e. The number of nitrogens with zero attached hydrogens (tertiary/aromatic N) is 1. The summed E-state index contributed by atoms with van der Waals surface area (Å²) in [6.45, 7) is 3.02. The predicted octanol–water partition coefficient (Wildman–Crippen LogP) is 5.97. The van der Waals surface area contributed by atoms with E-state index in [-0.39, 0.29) is 18.4 Å². The molecule has 0 unspecified atom stereocenters. The van der Waals surface area contributed by atoms with Crippen LogP contribution in [0.25, 0.3) is 0 Å². The molecule has 2 amide bonds. The molecule has 0 saturated heterocycles. The first-order valence-corrected chi connectivity index (χ1v) is 11.8. The van der Waals surface area contributed by atoms with Gasteiger partial charge in [0.25, 0.3) is 5.91 Å². The van der Waals surface area contributed by atoms with Gasteiger partial charge in [0, 0.05) is 29.7 Å². The number of hydrogen-bond donors (Lipinski definition) is 2. The molecule has 0 aliphatic carbocycles. The second-order valence-electron chi connectivity index (χ2n) is 8.11. The van der Waals surface area contributed by atoms with Crippen molar-refractivity contribution in [2.24, 2.45) is 0 Å². The van der Waals surface area contributed by atoms with Crippen molar-refractivity contribution in [2.45, 2.75) is 32.6 Å². The van der Waals surface area contributed by atoms with Crippen molar-refractivity contribution < 1.29 is 14.3 Å². The quantitative estimate of drug-likeness (QED) is 0.327. The molecule has 0 radical (unpaired) electrons. The number of amides is 2. The average Bonchev–Trinajstić information content (AvgIpc) is 2.88. The number of unbranched alkanes of at least 4 members (excludes halogenated alkanes) is 3. The molecule has 6 nitrogen and oxygen atoms in total. The summed E-state index contributed by atoms with van der Waals surface area (Å²) < 4.78 is 5.73. The van der Waals surface area contributed by atoms with Crippen molar-refractivity contribution in [3.05, 3.63) is 84.4 Å². The van der Waals surface area contributed by atoms with E-state index in [0.29, 0.717) is 12.2 Å². The standard InChI is InChI=1S/C28H33N3O3/c1-3-4-5-9-20-34-26-18-16-24(17-19-26)30-27(32)21-29-23-14-12-22(13-15-23)28(33)31(2)25-10-7-6-8-11-25/h6-8,10-19,29H,3-5,9,20-21H2,1-2H3,(H,30,32). The average molecular weight is 460 g/mol. The van der Waals surface area contributed by atoms with E-state index in [4.69, 9.17) is 4.74 Å². The van der Waals surface area contributed by atoms with Crippen LogP contribution in [0.5, 0.6) is 5.75 Å². The predicted molar refractivity (Wildman–Crippen MR) is 139 cm³/mol.